The third-order valence-corrected chi connectivity index (χ3v) is 7.37. The summed E-state index contributed by atoms with van der Waals surface area (Å²) in [4.78, 5) is 44.2. The van der Waals surface area contributed by atoms with Crippen molar-refractivity contribution < 1.29 is 29.7 Å². The number of nitrogens with one attached hydrogen (secondary N) is 2. The number of aliphatic carboxylic acids is 1. The molecule has 0 aliphatic carbocycles. The molecule has 1 aromatic carbocycles. The van der Waals surface area contributed by atoms with Crippen molar-refractivity contribution in [2.45, 2.75) is 77.9 Å². The maximum Gasteiger partial charge on any atom is 0.303 e. The second kappa shape index (κ2) is 12.1. The highest BCUT2D eigenvalue weighted by Crippen LogP contribution is 2.28. The quantitative estimate of drug-likeness (QED) is 0.291. The van der Waals surface area contributed by atoms with Crippen LogP contribution < -0.4 is 10.6 Å². The molecule has 0 radical (unpaired) electrons. The number of aliphatic hydroxyl groups excluding tert-OH is 2. The van der Waals surface area contributed by atoms with Crippen LogP contribution >= 0.6 is 11.3 Å². The van der Waals surface area contributed by atoms with Crippen molar-refractivity contribution in [2.24, 2.45) is 5.41 Å². The van der Waals surface area contributed by atoms with Crippen LogP contribution in [0.3, 0.4) is 0 Å². The molecule has 3 rings (SSSR count). The SMILES string of the molecule is Cc1ncsc1-c1ccc(CNC(=O)[C@@H]2CC(O)CN2C(=O)[C@@H](NC(O)CCC(=O)O)C(C)(C)C)cc1. The fourth-order valence-electron chi connectivity index (χ4n) is 4.36. The summed E-state index contributed by atoms with van der Waals surface area (Å²) in [6, 6.07) is 6.07. The first kappa shape index (κ1) is 28.7. The van der Waals surface area contributed by atoms with Gasteiger partial charge in [0.25, 0.3) is 0 Å². The number of aromatic nitrogens is 1. The van der Waals surface area contributed by atoms with E-state index in [4.69, 9.17) is 5.11 Å². The smallest absolute Gasteiger partial charge is 0.303 e. The lowest BCUT2D eigenvalue weighted by atomic mass is 9.85. The lowest BCUT2D eigenvalue weighted by Gasteiger charge is -2.36. The Balaban J connectivity index is 1.66. The van der Waals surface area contributed by atoms with Gasteiger partial charge in [-0.15, -0.1) is 11.3 Å². The minimum atomic E-state index is -1.21. The molecule has 1 aromatic heterocycles. The minimum absolute atomic E-state index is 0.000696. The lowest BCUT2D eigenvalue weighted by Crippen LogP contribution is -2.58. The Labute approximate surface area is 220 Å². The van der Waals surface area contributed by atoms with Gasteiger partial charge >= 0.3 is 5.97 Å². The number of β-amino-alcohol motifs (C(OH)–C–C–N with tert-alkyl or cyclic N) is 1. The van der Waals surface area contributed by atoms with Gasteiger partial charge < -0.3 is 25.5 Å². The number of thiazole rings is 1. The molecule has 2 aromatic rings. The normalized spacial score (nSPS) is 19.5. The highest BCUT2D eigenvalue weighted by molar-refractivity contribution is 7.13. The van der Waals surface area contributed by atoms with Crippen LogP contribution in [-0.2, 0) is 20.9 Å². The van der Waals surface area contributed by atoms with Crippen molar-refractivity contribution in [3.63, 3.8) is 0 Å². The van der Waals surface area contributed by atoms with Crippen LogP contribution in [0.15, 0.2) is 29.8 Å². The van der Waals surface area contributed by atoms with E-state index in [2.05, 4.69) is 15.6 Å². The standard InChI is InChI=1S/C26H36N4O6S/c1-15-22(37-14-28-15)17-7-5-16(6-8-17)12-27-24(35)19-11-18(31)13-30(19)25(36)23(26(2,3)4)29-20(32)9-10-21(33)34/h5-8,14,18-20,23,29,31-32H,9-13H2,1-4H3,(H,27,35)(H,33,34)/t18?,19-,20?,23+/m0/s1. The monoisotopic (exact) mass is 532 g/mol. The number of hydrogen-bond donors (Lipinski definition) is 5. The zero-order chi connectivity index (χ0) is 27.3. The summed E-state index contributed by atoms with van der Waals surface area (Å²) in [6.45, 7) is 7.66. The Morgan fingerprint density at radius 3 is 2.46 bits per heavy atom. The Bertz CT molecular complexity index is 1100. The summed E-state index contributed by atoms with van der Waals surface area (Å²) < 4.78 is 0. The number of carboxylic acids is 1. The molecule has 5 N–H and O–H groups in total. The van der Waals surface area contributed by atoms with E-state index < -0.39 is 41.7 Å². The third-order valence-electron chi connectivity index (χ3n) is 6.40. The molecule has 1 aliphatic heterocycles. The zero-order valence-electron chi connectivity index (χ0n) is 21.6. The maximum absolute atomic E-state index is 13.5. The van der Waals surface area contributed by atoms with Crippen LogP contribution in [0.25, 0.3) is 10.4 Å². The van der Waals surface area contributed by atoms with Gasteiger partial charge in [0.1, 0.15) is 12.3 Å². The lowest BCUT2D eigenvalue weighted by molar-refractivity contribution is -0.143. The number of carbonyl (C=O) groups is 3. The van der Waals surface area contributed by atoms with Gasteiger partial charge in [0.15, 0.2) is 0 Å². The highest BCUT2D eigenvalue weighted by atomic mass is 32.1. The fourth-order valence-corrected chi connectivity index (χ4v) is 5.17. The average Bonchev–Trinajstić information content (AvgIpc) is 3.44. The van der Waals surface area contributed by atoms with Crippen LogP contribution in [-0.4, -0.2) is 73.9 Å². The van der Waals surface area contributed by atoms with Crippen molar-refractivity contribution in [3.8, 4) is 10.4 Å². The van der Waals surface area contributed by atoms with Crippen LogP contribution in [0, 0.1) is 12.3 Å². The number of amides is 2. The number of carboxylic acid groups (broad SMARTS) is 1. The molecule has 0 saturated carbocycles. The number of nitrogens with zero attached hydrogens (tertiary/aromatic N) is 2. The summed E-state index contributed by atoms with van der Waals surface area (Å²) in [6.07, 6.45) is -2.26. The Morgan fingerprint density at radius 2 is 1.89 bits per heavy atom. The molecule has 2 amide bonds. The Kier molecular flexibility index (Phi) is 9.41. The summed E-state index contributed by atoms with van der Waals surface area (Å²) >= 11 is 1.57. The van der Waals surface area contributed by atoms with Gasteiger partial charge in [-0.1, -0.05) is 45.0 Å². The molecule has 2 heterocycles. The largest absolute Gasteiger partial charge is 0.481 e. The highest BCUT2D eigenvalue weighted by Gasteiger charge is 2.44. The maximum atomic E-state index is 13.5. The molecule has 1 fully saturated rings. The fraction of sp³-hybridized carbons (Fsp3) is 0.538. The minimum Gasteiger partial charge on any atom is -0.481 e. The molecule has 202 valence electrons. The average molecular weight is 533 g/mol. The predicted octanol–water partition coefficient (Wildman–Crippen LogP) is 1.88. The van der Waals surface area contributed by atoms with E-state index in [-0.39, 0.29) is 38.3 Å². The van der Waals surface area contributed by atoms with Crippen LogP contribution in [0.2, 0.25) is 0 Å². The second-order valence-electron chi connectivity index (χ2n) is 10.5. The Morgan fingerprint density at radius 1 is 1.22 bits per heavy atom. The first-order chi connectivity index (χ1) is 17.4. The van der Waals surface area contributed by atoms with Crippen LogP contribution in [0.4, 0.5) is 0 Å². The molecular formula is C26H36N4O6S. The van der Waals surface area contributed by atoms with E-state index in [0.29, 0.717) is 0 Å². The van der Waals surface area contributed by atoms with E-state index in [1.807, 2.05) is 52.0 Å². The van der Waals surface area contributed by atoms with Crippen molar-refractivity contribution in [2.75, 3.05) is 6.54 Å². The van der Waals surface area contributed by atoms with Crippen molar-refractivity contribution in [1.82, 2.24) is 20.5 Å². The second-order valence-corrected chi connectivity index (χ2v) is 11.3. The molecule has 4 atom stereocenters. The molecule has 1 saturated heterocycles. The molecule has 10 nitrogen and oxygen atoms in total. The van der Waals surface area contributed by atoms with Gasteiger partial charge in [0.05, 0.1) is 28.2 Å². The number of hydrogen-bond acceptors (Lipinski definition) is 8. The van der Waals surface area contributed by atoms with E-state index in [0.717, 1.165) is 21.7 Å². The summed E-state index contributed by atoms with van der Waals surface area (Å²) in [5.41, 5.74) is 4.07. The van der Waals surface area contributed by atoms with E-state index in [1.54, 1.807) is 16.8 Å². The summed E-state index contributed by atoms with van der Waals surface area (Å²) in [7, 11) is 0. The van der Waals surface area contributed by atoms with Gasteiger partial charge in [-0.2, -0.15) is 0 Å². The van der Waals surface area contributed by atoms with Crippen LogP contribution in [0.5, 0.6) is 0 Å². The van der Waals surface area contributed by atoms with Gasteiger partial charge in [-0.3, -0.25) is 19.7 Å². The third kappa shape index (κ3) is 7.57. The van der Waals surface area contributed by atoms with Gasteiger partial charge in [0, 0.05) is 25.9 Å². The number of aliphatic hydroxyl groups is 2. The zero-order valence-corrected chi connectivity index (χ0v) is 22.4. The molecule has 0 bridgehead atoms. The van der Waals surface area contributed by atoms with E-state index in [1.165, 1.54) is 4.90 Å². The van der Waals surface area contributed by atoms with E-state index >= 15 is 0 Å². The predicted molar refractivity (Wildman–Crippen MR) is 140 cm³/mol. The molecule has 11 heteroatoms. The molecular weight excluding hydrogens is 496 g/mol. The van der Waals surface area contributed by atoms with Crippen molar-refractivity contribution >= 4 is 29.1 Å². The van der Waals surface area contributed by atoms with Crippen molar-refractivity contribution in [1.29, 1.82) is 0 Å². The first-order valence-electron chi connectivity index (χ1n) is 12.3. The summed E-state index contributed by atoms with van der Waals surface area (Å²) in [5, 5.41) is 35.1. The number of rotatable bonds is 10. The summed E-state index contributed by atoms with van der Waals surface area (Å²) in [5.74, 6) is -1.85. The topological polar surface area (TPSA) is 152 Å². The van der Waals surface area contributed by atoms with Gasteiger partial charge in [-0.05, 0) is 29.9 Å². The van der Waals surface area contributed by atoms with Crippen molar-refractivity contribution in [3.05, 3.63) is 41.0 Å². The number of aryl methyl sites for hydroxylation is 1. The van der Waals surface area contributed by atoms with Crippen LogP contribution in [0.1, 0.15) is 51.3 Å². The number of carbonyl (C=O) groups excluding carboxylic acids is 2. The Hall–Kier alpha value is -2.86. The number of likely N-dealkylation sites (tertiary alicyclic amines) is 1. The van der Waals surface area contributed by atoms with Gasteiger partial charge in [-0.25, -0.2) is 4.98 Å². The molecule has 2 unspecified atom stereocenters. The van der Waals surface area contributed by atoms with Gasteiger partial charge in [0.2, 0.25) is 11.8 Å². The number of benzene rings is 1. The molecule has 37 heavy (non-hydrogen) atoms. The van der Waals surface area contributed by atoms with E-state index in [9.17, 15) is 24.6 Å². The first-order valence-corrected chi connectivity index (χ1v) is 13.2. The molecule has 0 spiro atoms. The molecule has 1 aliphatic rings.